The average Bonchev–Trinajstić information content (AvgIpc) is 3.22. The van der Waals surface area contributed by atoms with Gasteiger partial charge in [-0.15, -0.1) is 0 Å². The lowest BCUT2D eigenvalue weighted by molar-refractivity contribution is -0.132. The summed E-state index contributed by atoms with van der Waals surface area (Å²) in [6.07, 6.45) is 27.9. The molecule has 0 saturated carbocycles. The zero-order chi connectivity index (χ0) is 48.6. The Labute approximate surface area is 401 Å². The summed E-state index contributed by atoms with van der Waals surface area (Å²) in [4.78, 5) is 11.6. The number of carbonyl (C=O) groups is 1. The van der Waals surface area contributed by atoms with E-state index >= 15 is 0 Å². The highest BCUT2D eigenvalue weighted by Gasteiger charge is 2.36. The molecule has 0 saturated heterocycles. The molecule has 0 amide bonds. The Hall–Kier alpha value is -2.69. The molecule has 5 nitrogen and oxygen atoms in total. The maximum Gasteiger partial charge on any atom is 0.308 e. The number of phenols is 1. The van der Waals surface area contributed by atoms with E-state index in [1.165, 1.54) is 121 Å². The fraction of sp³-hybridized carbons (Fsp3) is 0.783. The molecule has 0 aliphatic carbocycles. The van der Waals surface area contributed by atoms with Crippen LogP contribution in [0.2, 0.25) is 0 Å². The van der Waals surface area contributed by atoms with Crippen molar-refractivity contribution in [3.63, 3.8) is 0 Å². The first kappa shape index (κ1) is 56.6. The minimum Gasteiger partial charge on any atom is -0.507 e. The number of fused-ring (bicyclic) bond motifs is 2. The van der Waals surface area contributed by atoms with Gasteiger partial charge in [-0.3, -0.25) is 4.79 Å². The van der Waals surface area contributed by atoms with Crippen LogP contribution in [0.25, 0.3) is 0 Å². The number of hydrogen-bond donors (Lipinski definition) is 1. The predicted octanol–water partition coefficient (Wildman–Crippen LogP) is 17.9. The number of benzene rings is 2. The summed E-state index contributed by atoms with van der Waals surface area (Å²) in [6, 6.07) is 0. The van der Waals surface area contributed by atoms with E-state index in [1.807, 2.05) is 20.8 Å². The van der Waals surface area contributed by atoms with Gasteiger partial charge in [0.15, 0.2) is 0 Å². The molecule has 4 rings (SSSR count). The lowest BCUT2D eigenvalue weighted by Gasteiger charge is -2.38. The molecule has 0 aromatic heterocycles. The molecule has 0 unspecified atom stereocenters. The van der Waals surface area contributed by atoms with Crippen molar-refractivity contribution < 1.29 is 24.1 Å². The molecular weight excluding hydrogens is 801 g/mol. The van der Waals surface area contributed by atoms with Crippen LogP contribution in [0.3, 0.4) is 0 Å². The van der Waals surface area contributed by atoms with Gasteiger partial charge < -0.3 is 19.3 Å². The van der Waals surface area contributed by atoms with Crippen molar-refractivity contribution in [1.29, 1.82) is 0 Å². The molecule has 6 atom stereocenters. The van der Waals surface area contributed by atoms with Crippen LogP contribution in [0.5, 0.6) is 23.0 Å². The van der Waals surface area contributed by atoms with E-state index < -0.39 is 0 Å². The third-order valence-corrected chi connectivity index (χ3v) is 16.0. The quantitative estimate of drug-likeness (QED) is 0.0794. The molecule has 2 aromatic rings. The first-order chi connectivity index (χ1) is 30.5. The summed E-state index contributed by atoms with van der Waals surface area (Å²) in [7, 11) is 0. The van der Waals surface area contributed by atoms with Crippen molar-refractivity contribution in [3.05, 3.63) is 44.5 Å². The van der Waals surface area contributed by atoms with Crippen LogP contribution in [0.4, 0.5) is 0 Å². The first-order valence-electron chi connectivity index (χ1n) is 27.0. The largest absolute Gasteiger partial charge is 0.507 e. The summed E-state index contributed by atoms with van der Waals surface area (Å²) in [5.74, 6) is 8.02. The summed E-state index contributed by atoms with van der Waals surface area (Å²) in [6.45, 7) is 37.4. The van der Waals surface area contributed by atoms with Crippen molar-refractivity contribution in [2.24, 2.45) is 35.5 Å². The zero-order valence-electron chi connectivity index (χ0n) is 45.6. The minimum absolute atomic E-state index is 0.0712. The highest BCUT2D eigenvalue weighted by molar-refractivity contribution is 5.72. The van der Waals surface area contributed by atoms with Crippen LogP contribution in [0.1, 0.15) is 249 Å². The molecule has 2 aliphatic heterocycles. The van der Waals surface area contributed by atoms with Crippen LogP contribution in [-0.2, 0) is 17.6 Å². The van der Waals surface area contributed by atoms with Crippen molar-refractivity contribution in [3.8, 4) is 23.0 Å². The van der Waals surface area contributed by atoms with Gasteiger partial charge in [-0.2, -0.15) is 0 Å². The Morgan fingerprint density at radius 2 is 0.846 bits per heavy atom. The molecule has 2 aliphatic rings. The summed E-state index contributed by atoms with van der Waals surface area (Å²) in [5, 5.41) is 10.4. The van der Waals surface area contributed by atoms with Gasteiger partial charge in [-0.1, -0.05) is 145 Å². The molecule has 0 spiro atoms. The molecule has 1 N–H and O–H groups in total. The molecule has 0 radical (unpaired) electrons. The van der Waals surface area contributed by atoms with E-state index in [4.69, 9.17) is 14.2 Å². The molecule has 0 fully saturated rings. The number of esters is 1. The van der Waals surface area contributed by atoms with E-state index in [1.54, 1.807) is 0 Å². The van der Waals surface area contributed by atoms with Crippen molar-refractivity contribution in [1.82, 2.24) is 0 Å². The molecule has 2 aromatic carbocycles. The highest BCUT2D eigenvalue weighted by Crippen LogP contribution is 2.46. The number of rotatable bonds is 25. The van der Waals surface area contributed by atoms with Crippen LogP contribution in [0.15, 0.2) is 0 Å². The Morgan fingerprint density at radius 3 is 1.22 bits per heavy atom. The number of aromatic hydroxyl groups is 1. The van der Waals surface area contributed by atoms with E-state index in [9.17, 15) is 9.90 Å². The Kier molecular flexibility index (Phi) is 23.3. The first-order valence-corrected chi connectivity index (χ1v) is 27.0. The van der Waals surface area contributed by atoms with Crippen LogP contribution in [0, 0.1) is 77.0 Å². The normalized spacial score (nSPS) is 19.9. The van der Waals surface area contributed by atoms with Crippen LogP contribution < -0.4 is 14.2 Å². The van der Waals surface area contributed by atoms with Crippen molar-refractivity contribution >= 4 is 5.97 Å². The van der Waals surface area contributed by atoms with Gasteiger partial charge in [-0.05, 0) is 176 Å². The second-order valence-corrected chi connectivity index (χ2v) is 23.5. The zero-order valence-corrected chi connectivity index (χ0v) is 45.6. The number of ether oxygens (including phenoxy) is 3. The third-order valence-electron chi connectivity index (χ3n) is 16.0. The average molecular weight is 903 g/mol. The van der Waals surface area contributed by atoms with Gasteiger partial charge in [0, 0.05) is 18.1 Å². The Morgan fingerprint density at radius 1 is 0.508 bits per heavy atom. The van der Waals surface area contributed by atoms with Crippen molar-refractivity contribution in [2.75, 3.05) is 0 Å². The topological polar surface area (TPSA) is 65.0 Å². The fourth-order valence-corrected chi connectivity index (χ4v) is 10.8. The van der Waals surface area contributed by atoms with E-state index in [2.05, 4.69) is 90.0 Å². The highest BCUT2D eigenvalue weighted by atomic mass is 16.5. The van der Waals surface area contributed by atoms with E-state index in [0.29, 0.717) is 5.75 Å². The van der Waals surface area contributed by atoms with Gasteiger partial charge in [0.05, 0.1) is 0 Å². The number of phenolic OH excluding ortho intramolecular Hbond substituents is 1. The molecule has 0 bridgehead atoms. The van der Waals surface area contributed by atoms with Gasteiger partial charge in [0.25, 0.3) is 0 Å². The van der Waals surface area contributed by atoms with E-state index in [0.717, 1.165) is 125 Å². The minimum atomic E-state index is -0.262. The maximum atomic E-state index is 11.6. The van der Waals surface area contributed by atoms with Gasteiger partial charge >= 0.3 is 5.97 Å². The monoisotopic (exact) mass is 903 g/mol. The van der Waals surface area contributed by atoms with Gasteiger partial charge in [-0.25, -0.2) is 0 Å². The Balaban J connectivity index is 0.000000347. The smallest absolute Gasteiger partial charge is 0.308 e. The lowest BCUT2D eigenvalue weighted by atomic mass is 9.83. The number of hydrogen-bond acceptors (Lipinski definition) is 5. The standard InChI is InChI=1S/C31H52O3.C29H50O2/c1-21(2)13-10-14-22(3)15-11-16-23(4)17-12-19-31(9)20-18-28-26(7)29(33-27(8)32)24(5)25(6)30(28)34-31;1-20(2)12-9-13-21(3)14-10-15-22(4)16-11-18-29(8)19-17-26-25(7)27(30)23(5)24(6)28(26)31-29/h21-23H,10-20H2,1-9H3;20-22,30H,9-19H2,1-8H3/t22-,23-,31-;21-,22-,29-/m11/s1. The van der Waals surface area contributed by atoms with Crippen LogP contribution in [-0.4, -0.2) is 22.3 Å². The third kappa shape index (κ3) is 18.0. The fourth-order valence-electron chi connectivity index (χ4n) is 10.8. The van der Waals surface area contributed by atoms with E-state index in [-0.39, 0.29) is 17.2 Å². The molecule has 372 valence electrons. The summed E-state index contributed by atoms with van der Waals surface area (Å²) < 4.78 is 18.8. The number of carbonyl (C=O) groups excluding carboxylic acids is 1. The van der Waals surface area contributed by atoms with Crippen molar-refractivity contribution in [2.45, 2.75) is 270 Å². The second-order valence-electron chi connectivity index (χ2n) is 23.5. The Bertz CT molecular complexity index is 1770. The van der Waals surface area contributed by atoms with Crippen LogP contribution >= 0.6 is 0 Å². The SMILES string of the molecule is CC(=O)Oc1c(C)c(C)c2c(c1C)CC[C@@](C)(CCC[C@H](C)CCC[C@H](C)CCCC(C)C)O2.Cc1c(C)c2c(c(C)c1O)CC[C@@](C)(CCC[C@H](C)CCC[C@H](C)CCCC(C)C)O2. The van der Waals surface area contributed by atoms with Gasteiger partial charge in [0.1, 0.15) is 34.2 Å². The molecule has 65 heavy (non-hydrogen) atoms. The lowest BCUT2D eigenvalue weighted by Crippen LogP contribution is -2.37. The molecule has 2 heterocycles. The second kappa shape index (κ2) is 26.7. The molecular formula is C60H102O5. The maximum absolute atomic E-state index is 11.6. The molecule has 5 heteroatoms. The summed E-state index contributed by atoms with van der Waals surface area (Å²) in [5.41, 5.74) is 8.52. The summed E-state index contributed by atoms with van der Waals surface area (Å²) >= 11 is 0. The van der Waals surface area contributed by atoms with Gasteiger partial charge in [0.2, 0.25) is 0 Å². The predicted molar refractivity (Wildman–Crippen MR) is 278 cm³/mol.